The number of amides is 2. The van der Waals surface area contributed by atoms with Crippen molar-refractivity contribution in [2.75, 3.05) is 17.7 Å². The van der Waals surface area contributed by atoms with Crippen LogP contribution in [0.2, 0.25) is 0 Å². The molecule has 2 rings (SSSR count). The molecule has 0 bridgehead atoms. The van der Waals surface area contributed by atoms with Crippen LogP contribution in [0.3, 0.4) is 0 Å². The summed E-state index contributed by atoms with van der Waals surface area (Å²) in [5, 5.41) is 5.73. The molecule has 0 saturated heterocycles. The maximum Gasteiger partial charge on any atom is 0.224 e. The lowest BCUT2D eigenvalue weighted by Crippen LogP contribution is -2.20. The minimum absolute atomic E-state index is 0.0572. The van der Waals surface area contributed by atoms with E-state index in [0.29, 0.717) is 18.0 Å². The number of anilines is 2. The molecule has 0 aliphatic heterocycles. The Morgan fingerprint density at radius 1 is 0.815 bits per heavy atom. The van der Waals surface area contributed by atoms with Crippen LogP contribution in [-0.4, -0.2) is 18.9 Å². The Balaban J connectivity index is 1.78. The van der Waals surface area contributed by atoms with Gasteiger partial charge in [-0.3, -0.25) is 9.59 Å². The first-order valence-corrected chi connectivity index (χ1v) is 9.21. The molecule has 1 atom stereocenters. The van der Waals surface area contributed by atoms with Crippen LogP contribution in [0.5, 0.6) is 5.75 Å². The van der Waals surface area contributed by atoms with E-state index in [1.54, 1.807) is 31.4 Å². The molecule has 0 fully saturated rings. The number of benzene rings is 2. The molecule has 1 unspecified atom stereocenters. The van der Waals surface area contributed by atoms with Crippen LogP contribution in [-0.2, 0) is 9.59 Å². The highest BCUT2D eigenvalue weighted by Gasteiger charge is 2.14. The number of carbonyl (C=O) groups is 2. The molecule has 0 aromatic heterocycles. The van der Waals surface area contributed by atoms with Gasteiger partial charge in [0.25, 0.3) is 0 Å². The van der Waals surface area contributed by atoms with Crippen LogP contribution >= 0.6 is 0 Å². The van der Waals surface area contributed by atoms with Crippen LogP contribution in [0.1, 0.15) is 45.1 Å². The molecule has 5 nitrogen and oxygen atoms in total. The van der Waals surface area contributed by atoms with E-state index in [1.165, 1.54) is 5.56 Å². The summed E-state index contributed by atoms with van der Waals surface area (Å²) in [6.07, 6.45) is 0.577. The number of hydrogen-bond donors (Lipinski definition) is 2. The number of nitrogens with one attached hydrogen (secondary N) is 2. The van der Waals surface area contributed by atoms with Gasteiger partial charge in [-0.1, -0.05) is 32.9 Å². The van der Waals surface area contributed by atoms with Crippen molar-refractivity contribution >= 4 is 23.2 Å². The van der Waals surface area contributed by atoms with Crippen molar-refractivity contribution in [1.82, 2.24) is 0 Å². The molecule has 2 aromatic carbocycles. The molecule has 0 spiro atoms. The van der Waals surface area contributed by atoms with Gasteiger partial charge in [0.2, 0.25) is 11.8 Å². The van der Waals surface area contributed by atoms with Crippen LogP contribution in [0, 0.1) is 5.92 Å². The van der Waals surface area contributed by atoms with E-state index < -0.39 is 0 Å². The van der Waals surface area contributed by atoms with Crippen molar-refractivity contribution in [1.29, 1.82) is 0 Å². The summed E-state index contributed by atoms with van der Waals surface area (Å²) in [7, 11) is 1.60. The fraction of sp³-hybridized carbons (Fsp3) is 0.364. The molecular weight excluding hydrogens is 340 g/mol. The second-order valence-electron chi connectivity index (χ2n) is 7.11. The van der Waals surface area contributed by atoms with E-state index >= 15 is 0 Å². The largest absolute Gasteiger partial charge is 0.497 e. The van der Waals surface area contributed by atoms with E-state index in [-0.39, 0.29) is 24.2 Å². The van der Waals surface area contributed by atoms with E-state index in [9.17, 15) is 9.59 Å². The van der Waals surface area contributed by atoms with E-state index in [4.69, 9.17) is 4.74 Å². The minimum Gasteiger partial charge on any atom is -0.497 e. The Kier molecular flexibility index (Phi) is 7.41. The highest BCUT2D eigenvalue weighted by Crippen LogP contribution is 2.19. The molecular formula is C22H28N2O3. The number of rotatable bonds is 8. The fourth-order valence-electron chi connectivity index (χ4n) is 2.75. The average Bonchev–Trinajstić information content (AvgIpc) is 2.62. The molecule has 27 heavy (non-hydrogen) atoms. The number of ether oxygens (including phenoxy) is 1. The first-order chi connectivity index (χ1) is 12.9. The molecule has 2 aromatic rings. The lowest BCUT2D eigenvalue weighted by atomic mass is 10.0. The Morgan fingerprint density at radius 3 is 1.67 bits per heavy atom. The Bertz CT molecular complexity index is 752. The first-order valence-electron chi connectivity index (χ1n) is 9.21. The van der Waals surface area contributed by atoms with E-state index in [0.717, 1.165) is 11.4 Å². The lowest BCUT2D eigenvalue weighted by molar-refractivity contribution is -0.118. The van der Waals surface area contributed by atoms with Crippen LogP contribution in [0.15, 0.2) is 48.5 Å². The highest BCUT2D eigenvalue weighted by atomic mass is 16.5. The van der Waals surface area contributed by atoms with Crippen molar-refractivity contribution in [2.24, 2.45) is 5.92 Å². The van der Waals surface area contributed by atoms with Crippen LogP contribution < -0.4 is 15.4 Å². The zero-order valence-corrected chi connectivity index (χ0v) is 16.4. The van der Waals surface area contributed by atoms with Crippen molar-refractivity contribution in [3.05, 3.63) is 54.1 Å². The number of methoxy groups -OCH3 is 1. The second kappa shape index (κ2) is 9.76. The first kappa shape index (κ1) is 20.5. The summed E-state index contributed by atoms with van der Waals surface area (Å²) in [4.78, 5) is 24.3. The van der Waals surface area contributed by atoms with Gasteiger partial charge in [0.15, 0.2) is 0 Å². The van der Waals surface area contributed by atoms with Crippen LogP contribution in [0.4, 0.5) is 11.4 Å². The topological polar surface area (TPSA) is 67.4 Å². The van der Waals surface area contributed by atoms with Gasteiger partial charge in [-0.15, -0.1) is 0 Å². The van der Waals surface area contributed by atoms with Crippen molar-refractivity contribution in [3.63, 3.8) is 0 Å². The van der Waals surface area contributed by atoms with E-state index in [2.05, 4.69) is 24.5 Å². The van der Waals surface area contributed by atoms with Crippen LogP contribution in [0.25, 0.3) is 0 Å². The summed E-state index contributed by atoms with van der Waals surface area (Å²) >= 11 is 0. The zero-order chi connectivity index (χ0) is 19.8. The van der Waals surface area contributed by atoms with Gasteiger partial charge in [-0.2, -0.15) is 0 Å². The maximum atomic E-state index is 12.2. The second-order valence-corrected chi connectivity index (χ2v) is 7.11. The van der Waals surface area contributed by atoms with Gasteiger partial charge in [-0.05, 0) is 53.8 Å². The SMILES string of the molecule is COc1ccc(NC(=O)CC(C)CC(=O)Nc2ccc(C(C)C)cc2)cc1. The maximum absolute atomic E-state index is 12.2. The molecule has 2 amide bonds. The normalized spacial score (nSPS) is 11.7. The summed E-state index contributed by atoms with van der Waals surface area (Å²) < 4.78 is 5.09. The molecule has 5 heteroatoms. The predicted molar refractivity (Wildman–Crippen MR) is 109 cm³/mol. The smallest absolute Gasteiger partial charge is 0.224 e. The van der Waals surface area contributed by atoms with Gasteiger partial charge in [0, 0.05) is 24.2 Å². The van der Waals surface area contributed by atoms with Gasteiger partial charge in [0.05, 0.1) is 7.11 Å². The van der Waals surface area contributed by atoms with Gasteiger partial charge in [0.1, 0.15) is 5.75 Å². The molecule has 144 valence electrons. The zero-order valence-electron chi connectivity index (χ0n) is 16.4. The summed E-state index contributed by atoms with van der Waals surface area (Å²) in [6.45, 7) is 6.16. The standard InChI is InChI=1S/C22H28N2O3/c1-15(2)17-5-7-18(8-6-17)23-21(25)13-16(3)14-22(26)24-19-9-11-20(27-4)12-10-19/h5-12,15-16H,13-14H2,1-4H3,(H,23,25)(H,24,26). The van der Waals surface area contributed by atoms with Gasteiger partial charge in [-0.25, -0.2) is 0 Å². The summed E-state index contributed by atoms with van der Waals surface area (Å²) in [5.74, 6) is 0.940. The van der Waals surface area contributed by atoms with Gasteiger partial charge < -0.3 is 15.4 Å². The molecule has 0 aliphatic carbocycles. The molecule has 0 saturated carbocycles. The third kappa shape index (κ3) is 6.77. The third-order valence-electron chi connectivity index (χ3n) is 4.30. The van der Waals surface area contributed by atoms with Crippen molar-refractivity contribution < 1.29 is 14.3 Å². The van der Waals surface area contributed by atoms with Crippen molar-refractivity contribution in [3.8, 4) is 5.75 Å². The fourth-order valence-corrected chi connectivity index (χ4v) is 2.75. The summed E-state index contributed by atoms with van der Waals surface area (Å²) in [5.41, 5.74) is 2.72. The van der Waals surface area contributed by atoms with Gasteiger partial charge >= 0.3 is 0 Å². The predicted octanol–water partition coefficient (Wildman–Crippen LogP) is 4.81. The lowest BCUT2D eigenvalue weighted by Gasteiger charge is -2.13. The molecule has 0 aliphatic rings. The molecule has 0 radical (unpaired) electrons. The third-order valence-corrected chi connectivity index (χ3v) is 4.30. The Labute approximate surface area is 161 Å². The van der Waals surface area contributed by atoms with E-state index in [1.807, 2.05) is 31.2 Å². The average molecular weight is 368 g/mol. The quantitative estimate of drug-likeness (QED) is 0.702. The number of hydrogen-bond acceptors (Lipinski definition) is 3. The highest BCUT2D eigenvalue weighted by molar-refractivity contribution is 5.93. The molecule has 0 heterocycles. The Hall–Kier alpha value is -2.82. The monoisotopic (exact) mass is 368 g/mol. The van der Waals surface area contributed by atoms with Crippen molar-refractivity contribution in [2.45, 2.75) is 39.5 Å². The Morgan fingerprint density at radius 2 is 1.26 bits per heavy atom. The number of carbonyl (C=O) groups excluding carboxylic acids is 2. The minimum atomic E-state index is -0.109. The molecule has 2 N–H and O–H groups in total. The summed E-state index contributed by atoms with van der Waals surface area (Å²) in [6, 6.07) is 15.0.